The third kappa shape index (κ3) is 3.05. The first-order valence-corrected chi connectivity index (χ1v) is 12.2. The van der Waals surface area contributed by atoms with E-state index in [1.165, 1.54) is 24.0 Å². The SMILES string of the molecule is C/C=C(\C)c1cc2c(cc1[PH](C)(C)C)C(C)(C)CCC2(C)C. The zero-order valence-corrected chi connectivity index (χ0v) is 17.1. The standard InChI is InChI=1S/C21H35P/c1-10-15(2)16-13-17-18(14-19(16)22(7,8)9)21(5,6)12-11-20(17,3)4/h10,13-14,22H,11-12H2,1-9H3/b15-10+. The van der Waals surface area contributed by atoms with Gasteiger partial charge in [-0.25, -0.2) is 0 Å². The summed E-state index contributed by atoms with van der Waals surface area (Å²) < 4.78 is 0. The maximum absolute atomic E-state index is 2.59. The van der Waals surface area contributed by atoms with Crippen LogP contribution in [0.15, 0.2) is 18.2 Å². The minimum absolute atomic E-state index is 0.297. The van der Waals surface area contributed by atoms with Crippen LogP contribution in [0, 0.1) is 0 Å². The number of fused-ring (bicyclic) bond motifs is 1. The molecule has 0 atom stereocenters. The molecule has 0 amide bonds. The first-order valence-electron chi connectivity index (χ1n) is 8.73. The third-order valence-corrected chi connectivity index (χ3v) is 7.69. The molecule has 0 spiro atoms. The molecule has 1 aliphatic rings. The molecule has 0 bridgehead atoms. The molecule has 1 aromatic rings. The van der Waals surface area contributed by atoms with Gasteiger partial charge in [-0.05, 0) is 0 Å². The van der Waals surface area contributed by atoms with Crippen molar-refractivity contribution >= 4 is 18.1 Å². The summed E-state index contributed by atoms with van der Waals surface area (Å²) in [5, 5.41) is 1.63. The summed E-state index contributed by atoms with van der Waals surface area (Å²) >= 11 is 0. The van der Waals surface area contributed by atoms with E-state index in [-0.39, 0.29) is 0 Å². The van der Waals surface area contributed by atoms with E-state index in [0.29, 0.717) is 10.8 Å². The second-order valence-electron chi connectivity index (χ2n) is 9.43. The monoisotopic (exact) mass is 318 g/mol. The Bertz CT molecular complexity index is 610. The van der Waals surface area contributed by atoms with Crippen LogP contribution in [-0.4, -0.2) is 20.0 Å². The molecule has 2 rings (SSSR count). The van der Waals surface area contributed by atoms with E-state index < -0.39 is 7.26 Å². The molecule has 0 heterocycles. The van der Waals surface area contributed by atoms with E-state index in [1.54, 1.807) is 16.4 Å². The van der Waals surface area contributed by atoms with Gasteiger partial charge in [-0.15, -0.1) is 0 Å². The van der Waals surface area contributed by atoms with Crippen molar-refractivity contribution in [2.24, 2.45) is 0 Å². The van der Waals surface area contributed by atoms with Crippen molar-refractivity contribution in [3.05, 3.63) is 34.9 Å². The fourth-order valence-corrected chi connectivity index (χ4v) is 5.37. The quantitative estimate of drug-likeness (QED) is 0.611. The van der Waals surface area contributed by atoms with Gasteiger partial charge < -0.3 is 0 Å². The van der Waals surface area contributed by atoms with Gasteiger partial charge in [0.05, 0.1) is 0 Å². The van der Waals surface area contributed by atoms with Crippen LogP contribution in [0.5, 0.6) is 0 Å². The van der Waals surface area contributed by atoms with Crippen molar-refractivity contribution in [2.75, 3.05) is 20.0 Å². The van der Waals surface area contributed by atoms with Gasteiger partial charge in [0.15, 0.2) is 0 Å². The van der Waals surface area contributed by atoms with Gasteiger partial charge >= 0.3 is 138 Å². The second-order valence-corrected chi connectivity index (χ2v) is 14.5. The number of rotatable bonds is 2. The first-order chi connectivity index (χ1) is 9.90. The first kappa shape index (κ1) is 17.7. The molecule has 0 radical (unpaired) electrons. The van der Waals surface area contributed by atoms with Crippen molar-refractivity contribution in [1.29, 1.82) is 0 Å². The fourth-order valence-electron chi connectivity index (χ4n) is 3.72. The normalized spacial score (nSPS) is 21.4. The Hall–Kier alpha value is -0.610. The van der Waals surface area contributed by atoms with Crippen molar-refractivity contribution in [3.63, 3.8) is 0 Å². The molecule has 0 saturated heterocycles. The Morgan fingerprint density at radius 3 is 1.82 bits per heavy atom. The maximum atomic E-state index is 2.59. The molecule has 0 aromatic heterocycles. The van der Waals surface area contributed by atoms with Crippen LogP contribution in [0.3, 0.4) is 0 Å². The molecule has 1 heteroatoms. The summed E-state index contributed by atoms with van der Waals surface area (Å²) in [6.07, 6.45) is 4.85. The van der Waals surface area contributed by atoms with Gasteiger partial charge in [-0.3, -0.25) is 0 Å². The van der Waals surface area contributed by atoms with Crippen LogP contribution in [-0.2, 0) is 10.8 Å². The Morgan fingerprint density at radius 2 is 1.41 bits per heavy atom. The molecule has 22 heavy (non-hydrogen) atoms. The van der Waals surface area contributed by atoms with E-state index in [4.69, 9.17) is 0 Å². The van der Waals surface area contributed by atoms with E-state index in [9.17, 15) is 0 Å². The van der Waals surface area contributed by atoms with Crippen LogP contribution in [0.1, 0.15) is 71.1 Å². The summed E-state index contributed by atoms with van der Waals surface area (Å²) in [5.41, 5.74) is 6.73. The second kappa shape index (κ2) is 5.48. The molecule has 0 N–H and O–H groups in total. The zero-order chi connectivity index (χ0) is 16.9. The van der Waals surface area contributed by atoms with E-state index in [0.717, 1.165) is 0 Å². The van der Waals surface area contributed by atoms with Gasteiger partial charge in [-0.1, -0.05) is 0 Å². The predicted octanol–water partition coefficient (Wildman–Crippen LogP) is 5.72. The molecular weight excluding hydrogens is 283 g/mol. The Labute approximate surface area is 138 Å². The van der Waals surface area contributed by atoms with Crippen molar-refractivity contribution in [3.8, 4) is 0 Å². The summed E-state index contributed by atoms with van der Waals surface area (Å²) in [5.74, 6) is 0. The van der Waals surface area contributed by atoms with Crippen molar-refractivity contribution in [2.45, 2.75) is 65.2 Å². The molecule has 124 valence electrons. The molecule has 0 unspecified atom stereocenters. The summed E-state index contributed by atoms with van der Waals surface area (Å²) in [6, 6.07) is 5.13. The summed E-state index contributed by atoms with van der Waals surface area (Å²) in [4.78, 5) is 0. The number of hydrogen-bond acceptors (Lipinski definition) is 0. The van der Waals surface area contributed by atoms with E-state index >= 15 is 0 Å². The van der Waals surface area contributed by atoms with Gasteiger partial charge in [0.25, 0.3) is 0 Å². The molecule has 0 nitrogen and oxygen atoms in total. The fraction of sp³-hybridized carbons (Fsp3) is 0.619. The Morgan fingerprint density at radius 1 is 0.955 bits per heavy atom. The topological polar surface area (TPSA) is 0 Å². The Balaban J connectivity index is 2.84. The number of allylic oxidation sites excluding steroid dienone is 2. The van der Waals surface area contributed by atoms with Crippen LogP contribution in [0.4, 0.5) is 0 Å². The molecular formula is C21H35P. The molecule has 1 aliphatic carbocycles. The van der Waals surface area contributed by atoms with E-state index in [2.05, 4.69) is 79.7 Å². The van der Waals surface area contributed by atoms with Crippen LogP contribution in [0.2, 0.25) is 0 Å². The zero-order valence-electron chi connectivity index (χ0n) is 16.1. The van der Waals surface area contributed by atoms with Crippen molar-refractivity contribution < 1.29 is 0 Å². The predicted molar refractivity (Wildman–Crippen MR) is 107 cm³/mol. The van der Waals surface area contributed by atoms with Gasteiger partial charge in [0, 0.05) is 0 Å². The average molecular weight is 318 g/mol. The van der Waals surface area contributed by atoms with Gasteiger partial charge in [0.2, 0.25) is 0 Å². The van der Waals surface area contributed by atoms with Crippen LogP contribution < -0.4 is 5.30 Å². The van der Waals surface area contributed by atoms with Gasteiger partial charge in [0.1, 0.15) is 0 Å². The number of benzene rings is 1. The van der Waals surface area contributed by atoms with E-state index in [1.807, 2.05) is 0 Å². The summed E-state index contributed by atoms with van der Waals surface area (Å²) in [6.45, 7) is 21.6. The minimum atomic E-state index is -1.37. The Kier molecular flexibility index (Phi) is 4.42. The van der Waals surface area contributed by atoms with Crippen molar-refractivity contribution in [1.82, 2.24) is 0 Å². The molecule has 0 aliphatic heterocycles. The molecule has 0 saturated carbocycles. The third-order valence-electron chi connectivity index (χ3n) is 5.66. The van der Waals surface area contributed by atoms with Crippen LogP contribution in [0.25, 0.3) is 5.57 Å². The number of hydrogen-bond donors (Lipinski definition) is 0. The van der Waals surface area contributed by atoms with Crippen LogP contribution >= 0.6 is 7.26 Å². The van der Waals surface area contributed by atoms with Gasteiger partial charge in [-0.2, -0.15) is 0 Å². The average Bonchev–Trinajstić information content (AvgIpc) is 2.41. The molecule has 1 aromatic carbocycles. The summed E-state index contributed by atoms with van der Waals surface area (Å²) in [7, 11) is -1.37. The molecule has 0 fully saturated rings.